The van der Waals surface area contributed by atoms with Crippen molar-refractivity contribution in [3.63, 3.8) is 0 Å². The van der Waals surface area contributed by atoms with Crippen molar-refractivity contribution < 1.29 is 9.59 Å². The van der Waals surface area contributed by atoms with E-state index in [1.165, 1.54) is 10.6 Å². The molecule has 1 atom stereocenters. The van der Waals surface area contributed by atoms with Crippen LogP contribution in [0.4, 0.5) is 0 Å². The van der Waals surface area contributed by atoms with E-state index >= 15 is 0 Å². The van der Waals surface area contributed by atoms with Gasteiger partial charge in [-0.2, -0.15) is 5.10 Å². The molecule has 2 heterocycles. The lowest BCUT2D eigenvalue weighted by atomic mass is 9.97. The number of likely N-dealkylation sites (tertiary alicyclic amines) is 1. The highest BCUT2D eigenvalue weighted by atomic mass is 16.2. The average molecular weight is 342 g/mol. The fourth-order valence-corrected chi connectivity index (χ4v) is 3.48. The predicted octanol–water partition coefficient (Wildman–Crippen LogP) is 1.62. The molecule has 6 nitrogen and oxygen atoms in total. The summed E-state index contributed by atoms with van der Waals surface area (Å²) in [5.74, 6) is 0.282. The Hall–Kier alpha value is -2.21. The molecule has 6 heteroatoms. The molecule has 1 fully saturated rings. The molecule has 0 aliphatic carbocycles. The Morgan fingerprint density at radius 3 is 2.84 bits per heavy atom. The van der Waals surface area contributed by atoms with Gasteiger partial charge in [0, 0.05) is 39.5 Å². The van der Waals surface area contributed by atoms with Crippen LogP contribution < -0.4 is 5.32 Å². The molecule has 0 bridgehead atoms. The normalized spacial score (nSPS) is 21.8. The molecule has 1 N–H and O–H groups in total. The molecule has 0 spiro atoms. The molecule has 0 saturated carbocycles. The van der Waals surface area contributed by atoms with Crippen molar-refractivity contribution in [3.05, 3.63) is 35.9 Å². The van der Waals surface area contributed by atoms with Crippen LogP contribution in [0.25, 0.3) is 0 Å². The highest BCUT2D eigenvalue weighted by molar-refractivity contribution is 6.39. The number of carbonyl (C=O) groups is 2. The van der Waals surface area contributed by atoms with Crippen LogP contribution in [0.15, 0.2) is 35.4 Å². The van der Waals surface area contributed by atoms with Crippen LogP contribution in [0.1, 0.15) is 31.2 Å². The van der Waals surface area contributed by atoms with E-state index < -0.39 is 0 Å². The first-order chi connectivity index (χ1) is 12.1. The van der Waals surface area contributed by atoms with Crippen molar-refractivity contribution in [2.75, 3.05) is 26.7 Å². The van der Waals surface area contributed by atoms with Crippen molar-refractivity contribution >= 4 is 17.5 Å². The van der Waals surface area contributed by atoms with Gasteiger partial charge in [0.25, 0.3) is 5.91 Å². The molecule has 25 heavy (non-hydrogen) atoms. The molecule has 2 aliphatic heterocycles. The summed E-state index contributed by atoms with van der Waals surface area (Å²) >= 11 is 0. The Balaban J connectivity index is 1.47. The van der Waals surface area contributed by atoms with Crippen molar-refractivity contribution in [2.45, 2.75) is 32.2 Å². The molecule has 2 amide bonds. The van der Waals surface area contributed by atoms with Crippen molar-refractivity contribution in [3.8, 4) is 0 Å². The van der Waals surface area contributed by atoms with E-state index in [2.05, 4.69) is 39.6 Å². The Morgan fingerprint density at radius 1 is 1.28 bits per heavy atom. The monoisotopic (exact) mass is 342 g/mol. The summed E-state index contributed by atoms with van der Waals surface area (Å²) < 4.78 is 0. The van der Waals surface area contributed by atoms with E-state index in [0.29, 0.717) is 31.0 Å². The Morgan fingerprint density at radius 2 is 2.08 bits per heavy atom. The lowest BCUT2D eigenvalue weighted by molar-refractivity contribution is -0.130. The summed E-state index contributed by atoms with van der Waals surface area (Å²) in [6.45, 7) is 3.74. The third-order valence-electron chi connectivity index (χ3n) is 4.87. The second-order valence-corrected chi connectivity index (χ2v) is 6.90. The van der Waals surface area contributed by atoms with Gasteiger partial charge in [0.15, 0.2) is 0 Å². The zero-order valence-electron chi connectivity index (χ0n) is 14.8. The maximum absolute atomic E-state index is 12.3. The van der Waals surface area contributed by atoms with Gasteiger partial charge >= 0.3 is 0 Å². The van der Waals surface area contributed by atoms with E-state index in [0.717, 1.165) is 32.5 Å². The molecule has 1 aromatic rings. The summed E-state index contributed by atoms with van der Waals surface area (Å²) in [5.41, 5.74) is 1.79. The first-order valence-corrected chi connectivity index (χ1v) is 9.00. The first-order valence-electron chi connectivity index (χ1n) is 9.00. The molecule has 1 aromatic carbocycles. The molecule has 3 rings (SSSR count). The van der Waals surface area contributed by atoms with E-state index in [-0.39, 0.29) is 11.8 Å². The number of carbonyl (C=O) groups excluding carboxylic acids is 2. The van der Waals surface area contributed by atoms with Crippen LogP contribution in [0.5, 0.6) is 0 Å². The number of hydrogen-bond acceptors (Lipinski definition) is 4. The average Bonchev–Trinajstić information content (AvgIpc) is 2.63. The number of nitrogens with one attached hydrogen (secondary N) is 1. The molecule has 0 unspecified atom stereocenters. The molecule has 1 saturated heterocycles. The Bertz CT molecular complexity index is 644. The second kappa shape index (κ2) is 8.25. The summed E-state index contributed by atoms with van der Waals surface area (Å²) in [6, 6.07) is 10.5. The second-order valence-electron chi connectivity index (χ2n) is 6.90. The SMILES string of the molecule is CN1N=C(C(=O)NC[C@H]2CCCN(Cc3ccccc3)C2)CCC1=O. The number of rotatable bonds is 5. The highest BCUT2D eigenvalue weighted by Gasteiger charge is 2.24. The number of piperidine rings is 1. The van der Waals surface area contributed by atoms with Gasteiger partial charge in [-0.15, -0.1) is 0 Å². The largest absolute Gasteiger partial charge is 0.351 e. The quantitative estimate of drug-likeness (QED) is 0.884. The lowest BCUT2D eigenvalue weighted by Gasteiger charge is -2.33. The summed E-state index contributed by atoms with van der Waals surface area (Å²) in [4.78, 5) is 26.2. The molecule has 0 aromatic heterocycles. The van der Waals surface area contributed by atoms with Crippen LogP contribution >= 0.6 is 0 Å². The minimum Gasteiger partial charge on any atom is -0.351 e. The molecule has 2 aliphatic rings. The third-order valence-corrected chi connectivity index (χ3v) is 4.87. The van der Waals surface area contributed by atoms with Crippen LogP contribution in [-0.4, -0.2) is 54.1 Å². The lowest BCUT2D eigenvalue weighted by Crippen LogP contribution is -2.43. The van der Waals surface area contributed by atoms with Gasteiger partial charge in [0.1, 0.15) is 5.71 Å². The number of benzene rings is 1. The van der Waals surface area contributed by atoms with E-state index in [9.17, 15) is 9.59 Å². The summed E-state index contributed by atoms with van der Waals surface area (Å²) in [5, 5.41) is 8.35. The maximum atomic E-state index is 12.3. The molecule has 0 radical (unpaired) electrons. The standard InChI is InChI=1S/C19H26N4O2/c1-22-18(24)10-9-17(21-22)19(25)20-12-16-8-5-11-23(14-16)13-15-6-3-2-4-7-15/h2-4,6-7,16H,5,8-14H2,1H3,(H,20,25)/t16-/m1/s1. The molecular formula is C19H26N4O2. The Kier molecular flexibility index (Phi) is 5.81. The van der Waals surface area contributed by atoms with Crippen molar-refractivity contribution in [1.82, 2.24) is 15.2 Å². The fourth-order valence-electron chi connectivity index (χ4n) is 3.48. The highest BCUT2D eigenvalue weighted by Crippen LogP contribution is 2.18. The summed E-state index contributed by atoms with van der Waals surface area (Å²) in [7, 11) is 1.59. The zero-order chi connectivity index (χ0) is 17.6. The smallest absolute Gasteiger partial charge is 0.267 e. The number of amides is 2. The van der Waals surface area contributed by atoms with Crippen LogP contribution in [0.2, 0.25) is 0 Å². The van der Waals surface area contributed by atoms with Gasteiger partial charge in [-0.05, 0) is 30.9 Å². The first kappa shape index (κ1) is 17.6. The van der Waals surface area contributed by atoms with Crippen LogP contribution in [0, 0.1) is 5.92 Å². The van der Waals surface area contributed by atoms with Gasteiger partial charge in [0.2, 0.25) is 5.91 Å². The minimum absolute atomic E-state index is 0.0413. The zero-order valence-corrected chi connectivity index (χ0v) is 14.8. The van der Waals surface area contributed by atoms with Crippen molar-refractivity contribution in [2.24, 2.45) is 11.0 Å². The number of hydrogen-bond donors (Lipinski definition) is 1. The minimum atomic E-state index is -0.139. The topological polar surface area (TPSA) is 65.0 Å². The maximum Gasteiger partial charge on any atom is 0.267 e. The van der Waals surface area contributed by atoms with E-state index in [1.807, 2.05) is 6.07 Å². The molecular weight excluding hydrogens is 316 g/mol. The van der Waals surface area contributed by atoms with Crippen LogP contribution in [0.3, 0.4) is 0 Å². The van der Waals surface area contributed by atoms with Gasteiger partial charge in [-0.3, -0.25) is 14.5 Å². The van der Waals surface area contributed by atoms with E-state index in [4.69, 9.17) is 0 Å². The van der Waals surface area contributed by atoms with Crippen LogP contribution in [-0.2, 0) is 16.1 Å². The third kappa shape index (κ3) is 4.89. The fraction of sp³-hybridized carbons (Fsp3) is 0.526. The van der Waals surface area contributed by atoms with Gasteiger partial charge in [-0.25, -0.2) is 5.01 Å². The Labute approximate surface area is 148 Å². The van der Waals surface area contributed by atoms with Crippen molar-refractivity contribution in [1.29, 1.82) is 0 Å². The number of nitrogens with zero attached hydrogens (tertiary/aromatic N) is 3. The van der Waals surface area contributed by atoms with Gasteiger partial charge < -0.3 is 5.32 Å². The number of hydrazone groups is 1. The summed E-state index contributed by atoms with van der Waals surface area (Å²) in [6.07, 6.45) is 3.08. The predicted molar refractivity (Wildman–Crippen MR) is 96.9 cm³/mol. The van der Waals surface area contributed by atoms with Gasteiger partial charge in [-0.1, -0.05) is 30.3 Å². The molecule has 134 valence electrons. The van der Waals surface area contributed by atoms with E-state index in [1.54, 1.807) is 7.05 Å². The van der Waals surface area contributed by atoms with Gasteiger partial charge in [0.05, 0.1) is 0 Å².